The fourth-order valence-corrected chi connectivity index (χ4v) is 2.20. The van der Waals surface area contributed by atoms with Crippen LogP contribution in [0.25, 0.3) is 0 Å². The Labute approximate surface area is 109 Å². The summed E-state index contributed by atoms with van der Waals surface area (Å²) < 4.78 is 0. The van der Waals surface area contributed by atoms with Crippen molar-refractivity contribution in [2.75, 3.05) is 5.32 Å². The lowest BCUT2D eigenvalue weighted by molar-refractivity contribution is -0.117. The first kappa shape index (κ1) is 13.1. The highest BCUT2D eigenvalue weighted by atomic mass is 16.2. The summed E-state index contributed by atoms with van der Waals surface area (Å²) >= 11 is 0. The molecule has 1 amide bonds. The van der Waals surface area contributed by atoms with Gasteiger partial charge in [-0.3, -0.25) is 10.1 Å². The van der Waals surface area contributed by atoms with Crippen LogP contribution in [-0.4, -0.2) is 11.9 Å². The molecule has 1 aliphatic heterocycles. The normalized spacial score (nSPS) is 19.9. The third-order valence-corrected chi connectivity index (χ3v) is 4.02. The van der Waals surface area contributed by atoms with Crippen LogP contribution in [0.2, 0.25) is 0 Å². The molecule has 0 spiro atoms. The van der Waals surface area contributed by atoms with Crippen molar-refractivity contribution in [3.05, 3.63) is 28.8 Å². The van der Waals surface area contributed by atoms with Gasteiger partial charge in [-0.15, -0.1) is 0 Å². The molecule has 0 saturated heterocycles. The number of anilines is 1. The Kier molecular flexibility index (Phi) is 3.44. The van der Waals surface area contributed by atoms with Gasteiger partial charge in [0, 0.05) is 17.3 Å². The summed E-state index contributed by atoms with van der Waals surface area (Å²) in [5.74, 6) is 0.569. The maximum atomic E-state index is 12.1. The molecule has 0 aromatic heterocycles. The van der Waals surface area contributed by atoms with Crippen LogP contribution in [0.3, 0.4) is 0 Å². The SMILES string of the molecule is Cc1ccc2c(c1C)NC(=O)C2NC(C)C(C)C. The van der Waals surface area contributed by atoms with Gasteiger partial charge in [-0.05, 0) is 37.8 Å². The zero-order valence-corrected chi connectivity index (χ0v) is 11.8. The number of hydrogen-bond donors (Lipinski definition) is 2. The summed E-state index contributed by atoms with van der Waals surface area (Å²) in [6, 6.07) is 4.24. The van der Waals surface area contributed by atoms with Crippen LogP contribution in [0.4, 0.5) is 5.69 Å². The molecule has 1 aromatic carbocycles. The molecule has 2 rings (SSSR count). The molecule has 2 N–H and O–H groups in total. The highest BCUT2D eigenvalue weighted by Crippen LogP contribution is 2.35. The van der Waals surface area contributed by atoms with Gasteiger partial charge in [0.15, 0.2) is 0 Å². The Balaban J connectivity index is 2.31. The van der Waals surface area contributed by atoms with E-state index in [1.54, 1.807) is 0 Å². The Morgan fingerprint density at radius 1 is 1.22 bits per heavy atom. The Hall–Kier alpha value is -1.35. The predicted octanol–water partition coefficient (Wildman–Crippen LogP) is 2.93. The fourth-order valence-electron chi connectivity index (χ4n) is 2.20. The number of aryl methyl sites for hydroxylation is 1. The van der Waals surface area contributed by atoms with E-state index in [1.165, 1.54) is 11.1 Å². The minimum atomic E-state index is -0.211. The average molecular weight is 246 g/mol. The minimum absolute atomic E-state index is 0.0613. The lowest BCUT2D eigenvalue weighted by Gasteiger charge is -2.21. The lowest BCUT2D eigenvalue weighted by atomic mass is 9.99. The summed E-state index contributed by atoms with van der Waals surface area (Å²) in [6.07, 6.45) is 0. The predicted molar refractivity (Wildman–Crippen MR) is 74.7 cm³/mol. The Morgan fingerprint density at radius 2 is 1.89 bits per heavy atom. The smallest absolute Gasteiger partial charge is 0.246 e. The van der Waals surface area contributed by atoms with Crippen molar-refractivity contribution in [3.8, 4) is 0 Å². The maximum absolute atomic E-state index is 12.1. The van der Waals surface area contributed by atoms with Crippen molar-refractivity contribution >= 4 is 11.6 Å². The molecular weight excluding hydrogens is 224 g/mol. The van der Waals surface area contributed by atoms with Crippen molar-refractivity contribution in [3.63, 3.8) is 0 Å². The number of fused-ring (bicyclic) bond motifs is 1. The molecule has 0 aliphatic carbocycles. The van der Waals surface area contributed by atoms with Crippen molar-refractivity contribution in [1.29, 1.82) is 0 Å². The first-order valence-corrected chi connectivity index (χ1v) is 6.58. The second-order valence-corrected chi connectivity index (χ2v) is 5.59. The van der Waals surface area contributed by atoms with E-state index in [4.69, 9.17) is 0 Å². The van der Waals surface area contributed by atoms with E-state index in [9.17, 15) is 4.79 Å². The first-order valence-electron chi connectivity index (χ1n) is 6.58. The zero-order valence-electron chi connectivity index (χ0n) is 11.8. The third kappa shape index (κ3) is 2.15. The average Bonchev–Trinajstić information content (AvgIpc) is 2.62. The molecule has 3 nitrogen and oxygen atoms in total. The van der Waals surface area contributed by atoms with Crippen molar-refractivity contribution in [2.24, 2.45) is 5.92 Å². The number of benzene rings is 1. The van der Waals surface area contributed by atoms with Crippen LogP contribution in [0, 0.1) is 19.8 Å². The van der Waals surface area contributed by atoms with E-state index in [0.717, 1.165) is 11.3 Å². The van der Waals surface area contributed by atoms with E-state index in [0.29, 0.717) is 12.0 Å². The van der Waals surface area contributed by atoms with E-state index >= 15 is 0 Å². The van der Waals surface area contributed by atoms with Gasteiger partial charge in [0.2, 0.25) is 5.91 Å². The van der Waals surface area contributed by atoms with E-state index in [2.05, 4.69) is 57.4 Å². The molecule has 2 unspecified atom stereocenters. The van der Waals surface area contributed by atoms with E-state index in [-0.39, 0.29) is 11.9 Å². The van der Waals surface area contributed by atoms with Gasteiger partial charge in [-0.25, -0.2) is 0 Å². The van der Waals surface area contributed by atoms with Crippen molar-refractivity contribution < 1.29 is 4.79 Å². The number of carbonyl (C=O) groups is 1. The minimum Gasteiger partial charge on any atom is -0.324 e. The van der Waals surface area contributed by atoms with Gasteiger partial charge in [0.05, 0.1) is 0 Å². The summed E-state index contributed by atoms with van der Waals surface area (Å²) in [5, 5.41) is 6.42. The molecular formula is C15H22N2O. The van der Waals surface area contributed by atoms with Crippen LogP contribution in [0.1, 0.15) is 43.5 Å². The van der Waals surface area contributed by atoms with Gasteiger partial charge in [0.25, 0.3) is 0 Å². The van der Waals surface area contributed by atoms with Crippen LogP contribution < -0.4 is 10.6 Å². The third-order valence-electron chi connectivity index (χ3n) is 4.02. The second-order valence-electron chi connectivity index (χ2n) is 5.59. The molecule has 98 valence electrons. The number of amides is 1. The van der Waals surface area contributed by atoms with Crippen LogP contribution >= 0.6 is 0 Å². The molecule has 0 bridgehead atoms. The number of nitrogens with one attached hydrogen (secondary N) is 2. The molecule has 1 aromatic rings. The molecule has 0 saturated carbocycles. The standard InChI is InChI=1S/C15H22N2O/c1-8(2)11(5)16-14-12-7-6-9(3)10(4)13(12)17-15(14)18/h6-8,11,14,16H,1-5H3,(H,17,18). The van der Waals surface area contributed by atoms with Crippen LogP contribution in [0.5, 0.6) is 0 Å². The van der Waals surface area contributed by atoms with Gasteiger partial charge in [0.1, 0.15) is 6.04 Å². The second kappa shape index (κ2) is 4.73. The Bertz CT molecular complexity index is 480. The quantitative estimate of drug-likeness (QED) is 0.861. The zero-order chi connectivity index (χ0) is 13.4. The van der Waals surface area contributed by atoms with Gasteiger partial charge >= 0.3 is 0 Å². The molecule has 1 aliphatic rings. The number of carbonyl (C=O) groups excluding carboxylic acids is 1. The monoisotopic (exact) mass is 246 g/mol. The molecule has 18 heavy (non-hydrogen) atoms. The highest BCUT2D eigenvalue weighted by Gasteiger charge is 2.32. The van der Waals surface area contributed by atoms with E-state index < -0.39 is 0 Å². The summed E-state index contributed by atoms with van der Waals surface area (Å²) in [7, 11) is 0. The lowest BCUT2D eigenvalue weighted by Crippen LogP contribution is -2.37. The van der Waals surface area contributed by atoms with Crippen LogP contribution in [-0.2, 0) is 4.79 Å². The van der Waals surface area contributed by atoms with Gasteiger partial charge in [-0.2, -0.15) is 0 Å². The van der Waals surface area contributed by atoms with Crippen molar-refractivity contribution in [1.82, 2.24) is 5.32 Å². The van der Waals surface area contributed by atoms with Gasteiger partial charge in [-0.1, -0.05) is 26.0 Å². The fraction of sp³-hybridized carbons (Fsp3) is 0.533. The van der Waals surface area contributed by atoms with Gasteiger partial charge < -0.3 is 5.32 Å². The molecule has 3 heteroatoms. The number of rotatable bonds is 3. The maximum Gasteiger partial charge on any atom is 0.246 e. The first-order chi connectivity index (χ1) is 8.41. The van der Waals surface area contributed by atoms with Crippen LogP contribution in [0.15, 0.2) is 12.1 Å². The molecule has 0 fully saturated rings. The van der Waals surface area contributed by atoms with Crippen molar-refractivity contribution in [2.45, 2.75) is 46.7 Å². The largest absolute Gasteiger partial charge is 0.324 e. The molecule has 2 atom stereocenters. The topological polar surface area (TPSA) is 41.1 Å². The Morgan fingerprint density at radius 3 is 2.50 bits per heavy atom. The summed E-state index contributed by atoms with van der Waals surface area (Å²) in [4.78, 5) is 12.1. The highest BCUT2D eigenvalue weighted by molar-refractivity contribution is 6.03. The summed E-state index contributed by atoms with van der Waals surface area (Å²) in [5.41, 5.74) is 4.46. The summed E-state index contributed by atoms with van der Waals surface area (Å²) in [6.45, 7) is 10.6. The molecule has 0 radical (unpaired) electrons. The van der Waals surface area contributed by atoms with E-state index in [1.807, 2.05) is 0 Å². The molecule has 1 heterocycles. The number of hydrogen-bond acceptors (Lipinski definition) is 2.